The first kappa shape index (κ1) is 13.7. The second kappa shape index (κ2) is 6.00. The zero-order valence-corrected chi connectivity index (χ0v) is 12.2. The van der Waals surface area contributed by atoms with Gasteiger partial charge in [-0.05, 0) is 29.7 Å². The minimum atomic E-state index is 0.257. The van der Waals surface area contributed by atoms with E-state index in [1.807, 2.05) is 35.2 Å². The van der Waals surface area contributed by atoms with E-state index in [0.717, 1.165) is 35.4 Å². The summed E-state index contributed by atoms with van der Waals surface area (Å²) in [6.07, 6.45) is 1.65. The quantitative estimate of drug-likeness (QED) is 0.858. The van der Waals surface area contributed by atoms with E-state index in [0.29, 0.717) is 13.0 Å². The second-order valence-electron chi connectivity index (χ2n) is 5.32. The monoisotopic (exact) mass is 281 g/mol. The van der Waals surface area contributed by atoms with Crippen LogP contribution >= 0.6 is 0 Å². The summed E-state index contributed by atoms with van der Waals surface area (Å²) >= 11 is 0. The van der Waals surface area contributed by atoms with Crippen molar-refractivity contribution < 1.29 is 9.53 Å². The number of likely N-dealkylation sites (tertiary alicyclic amines) is 1. The fraction of sp³-hybridized carbons (Fsp3) is 0.278. The third kappa shape index (κ3) is 2.92. The molecule has 0 N–H and O–H groups in total. The van der Waals surface area contributed by atoms with E-state index in [4.69, 9.17) is 4.74 Å². The second-order valence-corrected chi connectivity index (χ2v) is 5.32. The fourth-order valence-corrected chi connectivity index (χ4v) is 2.79. The van der Waals surface area contributed by atoms with Crippen LogP contribution in [-0.2, 0) is 11.3 Å². The molecule has 1 aliphatic heterocycles. The van der Waals surface area contributed by atoms with Crippen LogP contribution in [0.1, 0.15) is 18.4 Å². The molecule has 0 unspecified atom stereocenters. The molecule has 3 heteroatoms. The average Bonchev–Trinajstić information content (AvgIpc) is 2.93. The van der Waals surface area contributed by atoms with Gasteiger partial charge in [0.1, 0.15) is 5.75 Å². The van der Waals surface area contributed by atoms with E-state index < -0.39 is 0 Å². The van der Waals surface area contributed by atoms with Gasteiger partial charge in [0.2, 0.25) is 5.91 Å². The molecular weight excluding hydrogens is 262 g/mol. The third-order valence-electron chi connectivity index (χ3n) is 3.89. The zero-order valence-electron chi connectivity index (χ0n) is 12.2. The number of methoxy groups -OCH3 is 1. The maximum atomic E-state index is 11.8. The molecule has 0 aliphatic carbocycles. The largest absolute Gasteiger partial charge is 0.496 e. The van der Waals surface area contributed by atoms with Crippen molar-refractivity contribution in [2.24, 2.45) is 0 Å². The molecule has 0 saturated carbocycles. The molecule has 0 bridgehead atoms. The molecule has 2 aromatic rings. The Bertz CT molecular complexity index is 637. The van der Waals surface area contributed by atoms with Crippen LogP contribution in [0.5, 0.6) is 5.75 Å². The number of ether oxygens (including phenoxy) is 1. The number of carbonyl (C=O) groups excluding carboxylic acids is 1. The first-order valence-electron chi connectivity index (χ1n) is 7.28. The van der Waals surface area contributed by atoms with E-state index in [-0.39, 0.29) is 5.91 Å². The summed E-state index contributed by atoms with van der Waals surface area (Å²) in [7, 11) is 1.69. The highest BCUT2D eigenvalue weighted by molar-refractivity contribution is 5.78. The lowest BCUT2D eigenvalue weighted by molar-refractivity contribution is -0.128. The Morgan fingerprint density at radius 2 is 1.95 bits per heavy atom. The lowest BCUT2D eigenvalue weighted by Gasteiger charge is -2.17. The van der Waals surface area contributed by atoms with Gasteiger partial charge in [-0.1, -0.05) is 36.4 Å². The van der Waals surface area contributed by atoms with Crippen LogP contribution in [0.4, 0.5) is 0 Å². The van der Waals surface area contributed by atoms with Crippen molar-refractivity contribution in [1.82, 2.24) is 4.90 Å². The number of carbonyl (C=O) groups is 1. The lowest BCUT2D eigenvalue weighted by atomic mass is 10.0. The van der Waals surface area contributed by atoms with Crippen molar-refractivity contribution in [3.8, 4) is 16.9 Å². The van der Waals surface area contributed by atoms with Crippen molar-refractivity contribution in [3.63, 3.8) is 0 Å². The molecule has 0 atom stereocenters. The SMILES string of the molecule is COc1ccc(CN2CCCC2=O)cc1-c1ccccc1. The van der Waals surface area contributed by atoms with Crippen LogP contribution in [0, 0.1) is 0 Å². The number of hydrogen-bond acceptors (Lipinski definition) is 2. The molecule has 21 heavy (non-hydrogen) atoms. The van der Waals surface area contributed by atoms with E-state index in [1.54, 1.807) is 7.11 Å². The van der Waals surface area contributed by atoms with Gasteiger partial charge in [-0.15, -0.1) is 0 Å². The Balaban J connectivity index is 1.91. The summed E-state index contributed by atoms with van der Waals surface area (Å²) in [5, 5.41) is 0. The maximum absolute atomic E-state index is 11.8. The smallest absolute Gasteiger partial charge is 0.222 e. The van der Waals surface area contributed by atoms with Gasteiger partial charge in [-0.2, -0.15) is 0 Å². The maximum Gasteiger partial charge on any atom is 0.222 e. The van der Waals surface area contributed by atoms with Crippen molar-refractivity contribution in [2.45, 2.75) is 19.4 Å². The molecule has 1 heterocycles. The Kier molecular flexibility index (Phi) is 3.91. The molecule has 1 amide bonds. The molecule has 2 aromatic carbocycles. The number of amides is 1. The Morgan fingerprint density at radius 1 is 1.14 bits per heavy atom. The molecule has 1 saturated heterocycles. The van der Waals surface area contributed by atoms with Gasteiger partial charge >= 0.3 is 0 Å². The first-order valence-corrected chi connectivity index (χ1v) is 7.28. The van der Waals surface area contributed by atoms with Crippen LogP contribution in [-0.4, -0.2) is 24.5 Å². The normalized spacial score (nSPS) is 14.5. The van der Waals surface area contributed by atoms with Crippen LogP contribution in [0.25, 0.3) is 11.1 Å². The van der Waals surface area contributed by atoms with Gasteiger partial charge in [0, 0.05) is 25.1 Å². The molecule has 3 nitrogen and oxygen atoms in total. The molecule has 0 spiro atoms. The summed E-state index contributed by atoms with van der Waals surface area (Å²) in [6, 6.07) is 16.3. The fourth-order valence-electron chi connectivity index (χ4n) is 2.79. The Hall–Kier alpha value is -2.29. The average molecular weight is 281 g/mol. The van der Waals surface area contributed by atoms with Gasteiger partial charge in [0.05, 0.1) is 7.11 Å². The van der Waals surface area contributed by atoms with Gasteiger partial charge < -0.3 is 9.64 Å². The van der Waals surface area contributed by atoms with Crippen molar-refractivity contribution in [1.29, 1.82) is 0 Å². The highest BCUT2D eigenvalue weighted by Crippen LogP contribution is 2.31. The predicted octanol–water partition coefficient (Wildman–Crippen LogP) is 3.48. The highest BCUT2D eigenvalue weighted by atomic mass is 16.5. The van der Waals surface area contributed by atoms with Crippen LogP contribution < -0.4 is 4.74 Å². The van der Waals surface area contributed by atoms with E-state index in [1.165, 1.54) is 0 Å². The molecule has 0 radical (unpaired) electrons. The van der Waals surface area contributed by atoms with Gasteiger partial charge in [0.15, 0.2) is 0 Å². The van der Waals surface area contributed by atoms with E-state index in [2.05, 4.69) is 18.2 Å². The Morgan fingerprint density at radius 3 is 2.62 bits per heavy atom. The molecule has 1 aliphatic rings. The standard InChI is InChI=1S/C18H19NO2/c1-21-17-10-9-14(13-19-11-5-8-18(19)20)12-16(17)15-6-3-2-4-7-15/h2-4,6-7,9-10,12H,5,8,11,13H2,1H3. The minimum Gasteiger partial charge on any atom is -0.496 e. The van der Waals surface area contributed by atoms with Crippen molar-refractivity contribution >= 4 is 5.91 Å². The third-order valence-corrected chi connectivity index (χ3v) is 3.89. The molecule has 0 aromatic heterocycles. The van der Waals surface area contributed by atoms with Gasteiger partial charge in [-0.3, -0.25) is 4.79 Å². The van der Waals surface area contributed by atoms with Crippen LogP contribution in [0.15, 0.2) is 48.5 Å². The van der Waals surface area contributed by atoms with Gasteiger partial charge in [0.25, 0.3) is 0 Å². The predicted molar refractivity (Wildman–Crippen MR) is 83.1 cm³/mol. The molecule has 1 fully saturated rings. The molecule has 3 rings (SSSR count). The lowest BCUT2D eigenvalue weighted by Crippen LogP contribution is -2.23. The minimum absolute atomic E-state index is 0.257. The topological polar surface area (TPSA) is 29.5 Å². The first-order chi connectivity index (χ1) is 10.3. The number of rotatable bonds is 4. The van der Waals surface area contributed by atoms with Crippen LogP contribution in [0.2, 0.25) is 0 Å². The summed E-state index contributed by atoms with van der Waals surface area (Å²) in [5.41, 5.74) is 3.34. The summed E-state index contributed by atoms with van der Waals surface area (Å²) in [6.45, 7) is 1.55. The highest BCUT2D eigenvalue weighted by Gasteiger charge is 2.20. The Labute approximate surface area is 125 Å². The summed E-state index contributed by atoms with van der Waals surface area (Å²) in [4.78, 5) is 13.7. The van der Waals surface area contributed by atoms with E-state index >= 15 is 0 Å². The molecule has 108 valence electrons. The molecular formula is C18H19NO2. The zero-order chi connectivity index (χ0) is 14.7. The number of nitrogens with zero attached hydrogens (tertiary/aromatic N) is 1. The van der Waals surface area contributed by atoms with Crippen molar-refractivity contribution in [2.75, 3.05) is 13.7 Å². The summed E-state index contributed by atoms with van der Waals surface area (Å²) < 4.78 is 5.47. The van der Waals surface area contributed by atoms with Gasteiger partial charge in [-0.25, -0.2) is 0 Å². The van der Waals surface area contributed by atoms with Crippen LogP contribution in [0.3, 0.4) is 0 Å². The summed E-state index contributed by atoms with van der Waals surface area (Å²) in [5.74, 6) is 1.12. The number of benzene rings is 2. The van der Waals surface area contributed by atoms with E-state index in [9.17, 15) is 4.79 Å². The van der Waals surface area contributed by atoms with Crippen molar-refractivity contribution in [3.05, 3.63) is 54.1 Å². The number of hydrogen-bond donors (Lipinski definition) is 0.